The summed E-state index contributed by atoms with van der Waals surface area (Å²) in [5.74, 6) is 0.0636. The van der Waals surface area contributed by atoms with Gasteiger partial charge in [0.2, 0.25) is 0 Å². The topological polar surface area (TPSA) is 37.3 Å². The first-order chi connectivity index (χ1) is 7.25. The van der Waals surface area contributed by atoms with Crippen molar-refractivity contribution in [3.63, 3.8) is 0 Å². The molecule has 0 saturated heterocycles. The summed E-state index contributed by atoms with van der Waals surface area (Å²) in [4.78, 5) is 11.1. The summed E-state index contributed by atoms with van der Waals surface area (Å²) < 4.78 is 0. The third-order valence-corrected chi connectivity index (χ3v) is 3.43. The summed E-state index contributed by atoms with van der Waals surface area (Å²) in [5.41, 5.74) is 3.22. The van der Waals surface area contributed by atoms with Crippen molar-refractivity contribution in [3.05, 3.63) is 22.8 Å². The summed E-state index contributed by atoms with van der Waals surface area (Å²) in [6.07, 6.45) is 3.09. The van der Waals surface area contributed by atoms with Crippen molar-refractivity contribution in [2.45, 2.75) is 53.6 Å². The summed E-state index contributed by atoms with van der Waals surface area (Å²) in [7, 11) is 0. The highest BCUT2D eigenvalue weighted by atomic mass is 16.3. The van der Waals surface area contributed by atoms with Crippen molar-refractivity contribution in [3.8, 4) is 0 Å². The largest absolute Gasteiger partial charge is 0.389 e. The van der Waals surface area contributed by atoms with Gasteiger partial charge in [0.1, 0.15) is 0 Å². The number of allylic oxidation sites excluding steroid dienone is 3. The van der Waals surface area contributed by atoms with Crippen LogP contribution in [0.1, 0.15) is 47.5 Å². The van der Waals surface area contributed by atoms with E-state index in [1.807, 2.05) is 13.8 Å². The molecule has 90 valence electrons. The van der Waals surface area contributed by atoms with E-state index in [2.05, 4.69) is 13.8 Å². The summed E-state index contributed by atoms with van der Waals surface area (Å²) >= 11 is 0. The van der Waals surface area contributed by atoms with Crippen molar-refractivity contribution >= 4 is 5.78 Å². The van der Waals surface area contributed by atoms with Gasteiger partial charge >= 0.3 is 0 Å². The lowest BCUT2D eigenvalue weighted by molar-refractivity contribution is -0.112. The smallest absolute Gasteiger partial charge is 0.152 e. The van der Waals surface area contributed by atoms with Crippen LogP contribution in [0.2, 0.25) is 0 Å². The number of aliphatic hydroxyl groups is 1. The highest BCUT2D eigenvalue weighted by molar-refractivity contribution is 5.88. The molecule has 0 amide bonds. The van der Waals surface area contributed by atoms with E-state index < -0.39 is 0 Å². The van der Waals surface area contributed by atoms with Crippen LogP contribution in [0.15, 0.2) is 22.8 Å². The summed E-state index contributed by atoms with van der Waals surface area (Å²) in [5, 5.41) is 9.89. The van der Waals surface area contributed by atoms with Crippen LogP contribution in [-0.2, 0) is 4.79 Å². The molecule has 1 rings (SSSR count). The van der Waals surface area contributed by atoms with E-state index in [1.165, 1.54) is 0 Å². The average Bonchev–Trinajstić information content (AvgIpc) is 2.10. The molecule has 0 fully saturated rings. The van der Waals surface area contributed by atoms with Gasteiger partial charge in [0.25, 0.3) is 0 Å². The molecule has 0 saturated carbocycles. The molecule has 0 aromatic heterocycles. The number of hydrogen-bond acceptors (Lipinski definition) is 2. The van der Waals surface area contributed by atoms with Crippen LogP contribution in [0.4, 0.5) is 0 Å². The Morgan fingerprint density at radius 2 is 2.00 bits per heavy atom. The molecule has 1 aliphatic rings. The number of ketones is 1. The summed E-state index contributed by atoms with van der Waals surface area (Å²) in [6.45, 7) is 9.84. The van der Waals surface area contributed by atoms with Crippen LogP contribution in [-0.4, -0.2) is 17.0 Å². The van der Waals surface area contributed by atoms with Crippen LogP contribution in [0.5, 0.6) is 0 Å². The number of rotatable bonds is 2. The molecule has 0 spiro atoms. The predicted molar refractivity (Wildman–Crippen MR) is 66.2 cm³/mol. The fraction of sp³-hybridized carbons (Fsp3) is 0.643. The molecule has 0 heterocycles. The first kappa shape index (κ1) is 13.2. The van der Waals surface area contributed by atoms with E-state index in [9.17, 15) is 9.90 Å². The molecule has 1 atom stereocenters. The van der Waals surface area contributed by atoms with Crippen LogP contribution in [0.3, 0.4) is 0 Å². The Morgan fingerprint density at radius 1 is 1.44 bits per heavy atom. The van der Waals surface area contributed by atoms with Crippen LogP contribution >= 0.6 is 0 Å². The van der Waals surface area contributed by atoms with Gasteiger partial charge in [-0.25, -0.2) is 0 Å². The Balaban J connectivity index is 3.24. The zero-order chi connectivity index (χ0) is 12.5. The molecule has 1 aliphatic carbocycles. The molecule has 0 aliphatic heterocycles. The minimum atomic E-state index is -0.349. The van der Waals surface area contributed by atoms with Gasteiger partial charge in [-0.3, -0.25) is 4.79 Å². The van der Waals surface area contributed by atoms with Crippen molar-refractivity contribution in [1.82, 2.24) is 0 Å². The lowest BCUT2D eigenvalue weighted by Gasteiger charge is -2.37. The molecule has 0 radical (unpaired) electrons. The third kappa shape index (κ3) is 2.62. The Labute approximate surface area is 98.1 Å². The number of carbonyl (C=O) groups excluding carboxylic acids is 1. The monoisotopic (exact) mass is 222 g/mol. The molecule has 2 heteroatoms. The number of aliphatic hydroxyl groups excluding tert-OH is 1. The minimum Gasteiger partial charge on any atom is -0.389 e. The fourth-order valence-electron chi connectivity index (χ4n) is 2.76. The van der Waals surface area contributed by atoms with Gasteiger partial charge in [0.15, 0.2) is 5.78 Å². The van der Waals surface area contributed by atoms with Crippen LogP contribution < -0.4 is 0 Å². The second kappa shape index (κ2) is 4.54. The van der Waals surface area contributed by atoms with Crippen LogP contribution in [0, 0.1) is 5.41 Å². The maximum atomic E-state index is 11.1. The van der Waals surface area contributed by atoms with Crippen molar-refractivity contribution in [2.75, 3.05) is 0 Å². The minimum absolute atomic E-state index is 0.0549. The Kier molecular flexibility index (Phi) is 3.74. The van der Waals surface area contributed by atoms with Crippen molar-refractivity contribution in [1.29, 1.82) is 0 Å². The van der Waals surface area contributed by atoms with E-state index in [0.29, 0.717) is 0 Å². The van der Waals surface area contributed by atoms with Gasteiger partial charge in [-0.15, -0.1) is 0 Å². The zero-order valence-electron chi connectivity index (χ0n) is 10.9. The molecule has 2 nitrogen and oxygen atoms in total. The lowest BCUT2D eigenvalue weighted by atomic mass is 9.69. The highest BCUT2D eigenvalue weighted by Gasteiger charge is 2.33. The van der Waals surface area contributed by atoms with Crippen molar-refractivity contribution in [2.24, 2.45) is 5.41 Å². The maximum Gasteiger partial charge on any atom is 0.152 e. The molecule has 1 N–H and O–H groups in total. The molecule has 0 aromatic rings. The third-order valence-electron chi connectivity index (χ3n) is 3.43. The van der Waals surface area contributed by atoms with E-state index in [4.69, 9.17) is 0 Å². The lowest BCUT2D eigenvalue weighted by Crippen LogP contribution is -2.28. The van der Waals surface area contributed by atoms with Gasteiger partial charge in [-0.2, -0.15) is 0 Å². The van der Waals surface area contributed by atoms with Crippen LogP contribution in [0.25, 0.3) is 0 Å². The Bertz CT molecular complexity index is 359. The second-order valence-corrected chi connectivity index (χ2v) is 5.43. The predicted octanol–water partition coefficient (Wildman–Crippen LogP) is 3.02. The second-order valence-electron chi connectivity index (χ2n) is 5.43. The normalized spacial score (nSPS) is 25.9. The quantitative estimate of drug-likeness (QED) is 0.729. The first-order valence-corrected chi connectivity index (χ1v) is 5.84. The van der Waals surface area contributed by atoms with Gasteiger partial charge in [-0.05, 0) is 61.8 Å². The Hall–Kier alpha value is -0.890. The van der Waals surface area contributed by atoms with E-state index >= 15 is 0 Å². The summed E-state index contributed by atoms with van der Waals surface area (Å²) in [6, 6.07) is 0. The number of carbonyl (C=O) groups is 1. The molecule has 16 heavy (non-hydrogen) atoms. The number of hydrogen-bond donors (Lipinski definition) is 1. The van der Waals surface area contributed by atoms with Gasteiger partial charge in [-0.1, -0.05) is 13.8 Å². The average molecular weight is 222 g/mol. The van der Waals surface area contributed by atoms with Gasteiger partial charge < -0.3 is 5.11 Å². The van der Waals surface area contributed by atoms with E-state index in [-0.39, 0.29) is 17.3 Å². The molecular weight excluding hydrogens is 200 g/mol. The maximum absolute atomic E-state index is 11.1. The standard InChI is InChI=1S/C14H22O2/c1-9(8-10(2)15)13-11(3)12(16)6-7-14(13,4)5/h8,12,16H,6-7H2,1-5H3/b9-8+. The van der Waals surface area contributed by atoms with Crippen molar-refractivity contribution < 1.29 is 9.90 Å². The van der Waals surface area contributed by atoms with Gasteiger partial charge in [0, 0.05) is 0 Å². The molecule has 0 aromatic carbocycles. The van der Waals surface area contributed by atoms with Gasteiger partial charge in [0.05, 0.1) is 6.10 Å². The highest BCUT2D eigenvalue weighted by Crippen LogP contribution is 2.43. The first-order valence-electron chi connectivity index (χ1n) is 5.84. The van der Waals surface area contributed by atoms with E-state index in [1.54, 1.807) is 13.0 Å². The SMILES string of the molecule is CC(=O)/C=C(\C)C1=C(C)C(O)CCC1(C)C. The fourth-order valence-corrected chi connectivity index (χ4v) is 2.76. The zero-order valence-corrected chi connectivity index (χ0v) is 10.9. The molecular formula is C14H22O2. The van der Waals surface area contributed by atoms with E-state index in [0.717, 1.165) is 29.6 Å². The Morgan fingerprint density at radius 3 is 2.50 bits per heavy atom. The molecule has 1 unspecified atom stereocenters. The molecule has 0 bridgehead atoms.